The van der Waals surface area contributed by atoms with Crippen LogP contribution < -0.4 is 29.7 Å². The summed E-state index contributed by atoms with van der Waals surface area (Å²) < 4.78 is 16.4. The fourth-order valence-electron chi connectivity index (χ4n) is 3.44. The van der Waals surface area contributed by atoms with Gasteiger partial charge >= 0.3 is 6.03 Å². The highest BCUT2D eigenvalue weighted by Gasteiger charge is 2.38. The average Bonchev–Trinajstić information content (AvgIpc) is 2.83. The summed E-state index contributed by atoms with van der Waals surface area (Å²) in [6.45, 7) is 8.72. The molecule has 0 saturated heterocycles. The predicted molar refractivity (Wildman–Crippen MR) is 125 cm³/mol. The third-order valence-electron chi connectivity index (χ3n) is 5.08. The van der Waals surface area contributed by atoms with Gasteiger partial charge in [-0.2, -0.15) is 0 Å². The van der Waals surface area contributed by atoms with Gasteiger partial charge in [0.25, 0.3) is 0 Å². The minimum absolute atomic E-state index is 0.00460. The van der Waals surface area contributed by atoms with E-state index in [1.807, 2.05) is 13.8 Å². The molecule has 0 atom stereocenters. The van der Waals surface area contributed by atoms with Crippen LogP contribution in [0.25, 0.3) is 0 Å². The van der Waals surface area contributed by atoms with Crippen molar-refractivity contribution in [3.8, 4) is 17.2 Å². The van der Waals surface area contributed by atoms with Crippen LogP contribution in [-0.2, 0) is 4.79 Å². The standard InChI is InChI=1S/C24H31N3O5/c1-15(2)13-27-20-11-16(7-8-21(20)32-14-24(3,4)22(27)28)25-23(29)26-17-9-18(30-5)12-19(10-17)31-6/h7-12,15H,13-14H2,1-6H3,(H2,25,26,29). The van der Waals surface area contributed by atoms with E-state index in [0.717, 1.165) is 0 Å². The number of hydrogen-bond donors (Lipinski definition) is 2. The maximum Gasteiger partial charge on any atom is 0.323 e. The van der Waals surface area contributed by atoms with Gasteiger partial charge < -0.3 is 29.7 Å². The highest BCUT2D eigenvalue weighted by molar-refractivity contribution is 6.02. The van der Waals surface area contributed by atoms with Crippen LogP contribution >= 0.6 is 0 Å². The van der Waals surface area contributed by atoms with Crippen molar-refractivity contribution in [3.05, 3.63) is 36.4 Å². The number of ether oxygens (including phenoxy) is 3. The van der Waals surface area contributed by atoms with Crippen LogP contribution in [0.4, 0.5) is 21.9 Å². The molecule has 0 radical (unpaired) electrons. The maximum absolute atomic E-state index is 13.2. The lowest BCUT2D eigenvalue weighted by atomic mass is 9.92. The van der Waals surface area contributed by atoms with Crippen LogP contribution in [0.2, 0.25) is 0 Å². The smallest absolute Gasteiger partial charge is 0.323 e. The molecule has 0 unspecified atom stereocenters. The first kappa shape index (κ1) is 23.2. The normalized spacial score (nSPS) is 14.8. The maximum atomic E-state index is 13.2. The Morgan fingerprint density at radius 2 is 1.69 bits per heavy atom. The van der Waals surface area contributed by atoms with Crippen molar-refractivity contribution in [2.45, 2.75) is 27.7 Å². The number of anilines is 3. The van der Waals surface area contributed by atoms with E-state index < -0.39 is 11.4 Å². The Labute approximate surface area is 188 Å². The molecule has 1 heterocycles. The minimum atomic E-state index is -0.649. The summed E-state index contributed by atoms with van der Waals surface area (Å²) in [5.74, 6) is 2.01. The van der Waals surface area contributed by atoms with Crippen molar-refractivity contribution in [2.24, 2.45) is 11.3 Å². The van der Waals surface area contributed by atoms with Crippen LogP contribution in [0.15, 0.2) is 36.4 Å². The van der Waals surface area contributed by atoms with E-state index in [4.69, 9.17) is 14.2 Å². The summed E-state index contributed by atoms with van der Waals surface area (Å²) in [6, 6.07) is 9.97. The summed E-state index contributed by atoms with van der Waals surface area (Å²) in [5.41, 5.74) is 1.07. The molecule has 0 bridgehead atoms. The number of urea groups is 1. The zero-order valence-electron chi connectivity index (χ0n) is 19.4. The molecule has 3 amide bonds. The van der Waals surface area contributed by atoms with Crippen LogP contribution in [0, 0.1) is 11.3 Å². The number of carbonyl (C=O) groups excluding carboxylic acids is 2. The van der Waals surface area contributed by atoms with Gasteiger partial charge in [0.15, 0.2) is 0 Å². The SMILES string of the molecule is COc1cc(NC(=O)Nc2ccc3c(c2)N(CC(C)C)C(=O)C(C)(C)CO3)cc(OC)c1. The Bertz CT molecular complexity index is 981. The van der Waals surface area contributed by atoms with Crippen molar-refractivity contribution < 1.29 is 23.8 Å². The van der Waals surface area contributed by atoms with E-state index in [1.54, 1.807) is 55.5 Å². The Morgan fingerprint density at radius 1 is 1.06 bits per heavy atom. The van der Waals surface area contributed by atoms with Gasteiger partial charge in [-0.3, -0.25) is 4.79 Å². The number of rotatable bonds is 6. The summed E-state index contributed by atoms with van der Waals surface area (Å²) in [7, 11) is 3.09. The second kappa shape index (κ2) is 9.38. The first-order valence-electron chi connectivity index (χ1n) is 10.5. The van der Waals surface area contributed by atoms with Crippen molar-refractivity contribution in [1.82, 2.24) is 0 Å². The van der Waals surface area contributed by atoms with Crippen molar-refractivity contribution in [2.75, 3.05) is 42.9 Å². The molecule has 3 rings (SSSR count). The zero-order valence-corrected chi connectivity index (χ0v) is 19.4. The molecule has 32 heavy (non-hydrogen) atoms. The van der Waals surface area contributed by atoms with Crippen LogP contribution in [0.1, 0.15) is 27.7 Å². The number of nitrogens with one attached hydrogen (secondary N) is 2. The highest BCUT2D eigenvalue weighted by Crippen LogP contribution is 2.38. The van der Waals surface area contributed by atoms with Gasteiger partial charge in [-0.25, -0.2) is 4.79 Å². The third-order valence-corrected chi connectivity index (χ3v) is 5.08. The Hall–Kier alpha value is -3.42. The summed E-state index contributed by atoms with van der Waals surface area (Å²) in [5, 5.41) is 5.60. The summed E-state index contributed by atoms with van der Waals surface area (Å²) >= 11 is 0. The number of nitrogens with zero attached hydrogens (tertiary/aromatic N) is 1. The largest absolute Gasteiger partial charge is 0.497 e. The van der Waals surface area contributed by atoms with Crippen LogP contribution in [0.3, 0.4) is 0 Å². The lowest BCUT2D eigenvalue weighted by Gasteiger charge is -2.29. The lowest BCUT2D eigenvalue weighted by Crippen LogP contribution is -2.43. The number of carbonyl (C=O) groups is 2. The molecule has 0 spiro atoms. The molecule has 1 aliphatic rings. The van der Waals surface area contributed by atoms with Gasteiger partial charge in [0, 0.05) is 36.1 Å². The van der Waals surface area contributed by atoms with Gasteiger partial charge in [0.05, 0.1) is 25.3 Å². The highest BCUT2D eigenvalue weighted by atomic mass is 16.5. The number of benzene rings is 2. The first-order chi connectivity index (χ1) is 15.1. The fourth-order valence-corrected chi connectivity index (χ4v) is 3.44. The monoisotopic (exact) mass is 441 g/mol. The molecule has 0 aromatic heterocycles. The topological polar surface area (TPSA) is 89.1 Å². The lowest BCUT2D eigenvalue weighted by molar-refractivity contribution is -0.127. The van der Waals surface area contributed by atoms with Crippen molar-refractivity contribution in [1.29, 1.82) is 0 Å². The molecular weight excluding hydrogens is 410 g/mol. The third kappa shape index (κ3) is 5.25. The van der Waals surface area contributed by atoms with Gasteiger partial charge in [0.1, 0.15) is 23.9 Å². The van der Waals surface area contributed by atoms with Gasteiger partial charge in [-0.1, -0.05) is 13.8 Å². The molecule has 2 aromatic carbocycles. The molecule has 0 aliphatic carbocycles. The van der Waals surface area contributed by atoms with Crippen molar-refractivity contribution in [3.63, 3.8) is 0 Å². The van der Waals surface area contributed by atoms with E-state index in [0.29, 0.717) is 47.5 Å². The summed E-state index contributed by atoms with van der Waals surface area (Å²) in [6.07, 6.45) is 0. The fraction of sp³-hybridized carbons (Fsp3) is 0.417. The quantitative estimate of drug-likeness (QED) is 0.675. The van der Waals surface area contributed by atoms with E-state index in [1.165, 1.54) is 0 Å². The molecule has 0 fully saturated rings. The van der Waals surface area contributed by atoms with E-state index in [-0.39, 0.29) is 11.8 Å². The number of amides is 3. The predicted octanol–water partition coefficient (Wildman–Crippen LogP) is 4.76. The molecule has 2 N–H and O–H groups in total. The molecule has 8 nitrogen and oxygen atoms in total. The van der Waals surface area contributed by atoms with Gasteiger partial charge in [0.2, 0.25) is 5.91 Å². The zero-order chi connectivity index (χ0) is 23.5. The van der Waals surface area contributed by atoms with Gasteiger partial charge in [-0.15, -0.1) is 0 Å². The average molecular weight is 442 g/mol. The van der Waals surface area contributed by atoms with Crippen LogP contribution in [0.5, 0.6) is 17.2 Å². The van der Waals surface area contributed by atoms with Gasteiger partial charge in [-0.05, 0) is 38.0 Å². The first-order valence-corrected chi connectivity index (χ1v) is 10.5. The minimum Gasteiger partial charge on any atom is -0.497 e. The van der Waals surface area contributed by atoms with E-state index >= 15 is 0 Å². The number of fused-ring (bicyclic) bond motifs is 1. The Balaban J connectivity index is 1.84. The van der Waals surface area contributed by atoms with Crippen LogP contribution in [-0.4, -0.2) is 39.3 Å². The van der Waals surface area contributed by atoms with E-state index in [2.05, 4.69) is 24.5 Å². The number of hydrogen-bond acceptors (Lipinski definition) is 5. The molecule has 2 aromatic rings. The molecule has 0 saturated carbocycles. The molecule has 172 valence electrons. The molecule has 1 aliphatic heterocycles. The Morgan fingerprint density at radius 3 is 2.28 bits per heavy atom. The number of methoxy groups -OCH3 is 2. The molecule has 8 heteroatoms. The Kier molecular flexibility index (Phi) is 6.81. The second-order valence-corrected chi connectivity index (χ2v) is 8.85. The summed E-state index contributed by atoms with van der Waals surface area (Å²) in [4.78, 5) is 27.6. The van der Waals surface area contributed by atoms with Crippen molar-refractivity contribution >= 4 is 29.0 Å². The second-order valence-electron chi connectivity index (χ2n) is 8.85. The van der Waals surface area contributed by atoms with E-state index in [9.17, 15) is 9.59 Å². The molecular formula is C24H31N3O5.